The van der Waals surface area contributed by atoms with Gasteiger partial charge < -0.3 is 14.4 Å². The number of benzene rings is 2. The van der Waals surface area contributed by atoms with Gasteiger partial charge in [0.1, 0.15) is 18.1 Å². The summed E-state index contributed by atoms with van der Waals surface area (Å²) in [5.41, 5.74) is 2.55. The van der Waals surface area contributed by atoms with Gasteiger partial charge in [-0.05, 0) is 68.1 Å². The highest BCUT2D eigenvalue weighted by molar-refractivity contribution is 7.89. The Labute approximate surface area is 190 Å². The first-order valence-electron chi connectivity index (χ1n) is 11.0. The van der Waals surface area contributed by atoms with E-state index in [1.807, 2.05) is 32.0 Å². The van der Waals surface area contributed by atoms with Crippen molar-refractivity contribution in [1.29, 1.82) is 0 Å². The number of nitrogens with zero attached hydrogens (tertiary/aromatic N) is 1. The molecular formula is C24H32N2O5S. The van der Waals surface area contributed by atoms with E-state index in [2.05, 4.69) is 4.72 Å². The molecule has 0 aromatic heterocycles. The van der Waals surface area contributed by atoms with Gasteiger partial charge in [0.25, 0.3) is 5.91 Å². The number of amides is 1. The van der Waals surface area contributed by atoms with Gasteiger partial charge in [-0.15, -0.1) is 0 Å². The molecule has 0 bridgehead atoms. The van der Waals surface area contributed by atoms with Crippen LogP contribution in [0.2, 0.25) is 0 Å². The number of hydrogen-bond acceptors (Lipinski definition) is 5. The summed E-state index contributed by atoms with van der Waals surface area (Å²) in [6.45, 7) is 5.67. The highest BCUT2D eigenvalue weighted by Crippen LogP contribution is 2.25. The molecule has 0 saturated carbocycles. The molecule has 1 fully saturated rings. The van der Waals surface area contributed by atoms with Crippen molar-refractivity contribution in [2.45, 2.75) is 44.4 Å². The molecule has 2 aromatic rings. The van der Waals surface area contributed by atoms with Crippen LogP contribution in [0.4, 0.5) is 0 Å². The smallest absolute Gasteiger partial charge is 0.257 e. The quantitative estimate of drug-likeness (QED) is 0.608. The zero-order valence-electron chi connectivity index (χ0n) is 19.0. The molecular weight excluding hydrogens is 428 g/mol. The number of sulfonamides is 1. The zero-order valence-corrected chi connectivity index (χ0v) is 19.8. The lowest BCUT2D eigenvalue weighted by atomic mass is 10.1. The number of rotatable bonds is 8. The molecule has 7 nitrogen and oxygen atoms in total. The van der Waals surface area contributed by atoms with E-state index in [1.54, 1.807) is 4.90 Å². The Kier molecular flexibility index (Phi) is 8.15. The number of likely N-dealkylation sites (tertiary alicyclic amines) is 1. The minimum atomic E-state index is -3.80. The van der Waals surface area contributed by atoms with Gasteiger partial charge in [0.05, 0.1) is 17.6 Å². The Bertz CT molecular complexity index is 1040. The summed E-state index contributed by atoms with van der Waals surface area (Å²) in [5.74, 6) is 0.872. The first-order chi connectivity index (χ1) is 15.3. The van der Waals surface area contributed by atoms with Crippen LogP contribution in [0, 0.1) is 13.8 Å². The molecule has 0 unspecified atom stereocenters. The second-order valence-electron chi connectivity index (χ2n) is 8.06. The molecule has 1 saturated heterocycles. The van der Waals surface area contributed by atoms with Crippen molar-refractivity contribution in [1.82, 2.24) is 9.62 Å². The lowest BCUT2D eigenvalue weighted by Gasteiger charge is -2.22. The summed E-state index contributed by atoms with van der Waals surface area (Å²) >= 11 is 0. The van der Waals surface area contributed by atoms with Gasteiger partial charge >= 0.3 is 0 Å². The Balaban J connectivity index is 1.68. The maximum atomic E-state index is 13.1. The number of hydrogen-bond donors (Lipinski definition) is 1. The van der Waals surface area contributed by atoms with E-state index in [0.29, 0.717) is 24.6 Å². The fourth-order valence-corrected chi connectivity index (χ4v) is 4.74. The molecule has 1 aliphatic heterocycles. The van der Waals surface area contributed by atoms with Crippen LogP contribution in [0.25, 0.3) is 0 Å². The highest BCUT2D eigenvalue weighted by atomic mass is 32.2. The monoisotopic (exact) mass is 460 g/mol. The third-order valence-electron chi connectivity index (χ3n) is 5.75. The van der Waals surface area contributed by atoms with Gasteiger partial charge in [-0.1, -0.05) is 18.9 Å². The van der Waals surface area contributed by atoms with E-state index in [1.165, 1.54) is 30.9 Å². The topological polar surface area (TPSA) is 84.9 Å². The van der Waals surface area contributed by atoms with E-state index in [4.69, 9.17) is 9.47 Å². The van der Waals surface area contributed by atoms with E-state index in [0.717, 1.165) is 31.2 Å². The molecule has 1 heterocycles. The Morgan fingerprint density at radius 3 is 2.38 bits per heavy atom. The molecule has 0 aliphatic carbocycles. The van der Waals surface area contributed by atoms with Crippen LogP contribution in [-0.4, -0.2) is 52.6 Å². The summed E-state index contributed by atoms with van der Waals surface area (Å²) < 4.78 is 39.2. The maximum absolute atomic E-state index is 13.1. The van der Waals surface area contributed by atoms with E-state index >= 15 is 0 Å². The van der Waals surface area contributed by atoms with Crippen LogP contribution in [0.3, 0.4) is 0 Å². The molecule has 0 radical (unpaired) electrons. The number of ether oxygens (including phenoxy) is 2. The third kappa shape index (κ3) is 6.01. The maximum Gasteiger partial charge on any atom is 0.257 e. The van der Waals surface area contributed by atoms with Crippen LogP contribution in [0.15, 0.2) is 41.3 Å². The van der Waals surface area contributed by atoms with E-state index in [-0.39, 0.29) is 29.5 Å². The average Bonchev–Trinajstić information content (AvgIpc) is 3.07. The SMILES string of the molecule is COc1ccc(S(=O)(=O)NCCOc2ccc(C)c(C)c2)cc1C(=O)N1CCCCCC1. The molecule has 1 N–H and O–H groups in total. The minimum Gasteiger partial charge on any atom is -0.496 e. The summed E-state index contributed by atoms with van der Waals surface area (Å²) in [5, 5.41) is 0. The normalized spacial score (nSPS) is 14.7. The van der Waals surface area contributed by atoms with Gasteiger partial charge in [0, 0.05) is 19.6 Å². The predicted octanol–water partition coefficient (Wildman–Crippen LogP) is 3.69. The lowest BCUT2D eigenvalue weighted by molar-refractivity contribution is 0.0758. The highest BCUT2D eigenvalue weighted by Gasteiger charge is 2.24. The molecule has 32 heavy (non-hydrogen) atoms. The number of carbonyl (C=O) groups is 1. The molecule has 1 amide bonds. The summed E-state index contributed by atoms with van der Waals surface area (Å²) in [6, 6.07) is 10.1. The molecule has 174 valence electrons. The Morgan fingerprint density at radius 2 is 1.72 bits per heavy atom. The number of methoxy groups -OCH3 is 1. The van der Waals surface area contributed by atoms with Gasteiger partial charge in [-0.25, -0.2) is 13.1 Å². The van der Waals surface area contributed by atoms with Gasteiger partial charge in [0.2, 0.25) is 10.0 Å². The first-order valence-corrected chi connectivity index (χ1v) is 12.5. The van der Waals surface area contributed by atoms with Crippen LogP contribution in [0.1, 0.15) is 47.2 Å². The van der Waals surface area contributed by atoms with Crippen LogP contribution >= 0.6 is 0 Å². The van der Waals surface area contributed by atoms with Crippen LogP contribution in [-0.2, 0) is 10.0 Å². The van der Waals surface area contributed by atoms with Crippen LogP contribution < -0.4 is 14.2 Å². The van der Waals surface area contributed by atoms with Crippen molar-refractivity contribution in [2.24, 2.45) is 0 Å². The fraction of sp³-hybridized carbons (Fsp3) is 0.458. The van der Waals surface area contributed by atoms with Crippen molar-refractivity contribution in [3.8, 4) is 11.5 Å². The summed E-state index contributed by atoms with van der Waals surface area (Å²) in [4.78, 5) is 14.9. The Morgan fingerprint density at radius 1 is 1.00 bits per heavy atom. The third-order valence-corrected chi connectivity index (χ3v) is 7.20. The molecule has 8 heteroatoms. The van der Waals surface area contributed by atoms with Crippen molar-refractivity contribution in [3.05, 3.63) is 53.1 Å². The van der Waals surface area contributed by atoms with Gasteiger partial charge in [-0.3, -0.25) is 4.79 Å². The van der Waals surface area contributed by atoms with E-state index < -0.39 is 10.0 Å². The largest absolute Gasteiger partial charge is 0.496 e. The summed E-state index contributed by atoms with van der Waals surface area (Å²) in [6.07, 6.45) is 4.11. The predicted molar refractivity (Wildman–Crippen MR) is 124 cm³/mol. The van der Waals surface area contributed by atoms with Crippen LogP contribution in [0.5, 0.6) is 11.5 Å². The minimum absolute atomic E-state index is 0.0302. The second-order valence-corrected chi connectivity index (χ2v) is 9.83. The molecule has 0 atom stereocenters. The standard InChI is InChI=1S/C24H32N2O5S/c1-18-8-9-20(16-19(18)2)31-15-12-25-32(28,29)21-10-11-23(30-3)22(17-21)24(27)26-13-6-4-5-7-14-26/h8-11,16-17,25H,4-7,12-15H2,1-3H3. The second kappa shape index (κ2) is 10.8. The molecule has 3 rings (SSSR count). The number of carbonyl (C=O) groups excluding carboxylic acids is 1. The zero-order chi connectivity index (χ0) is 23.1. The van der Waals surface area contributed by atoms with Crippen molar-refractivity contribution in [2.75, 3.05) is 33.4 Å². The first kappa shape index (κ1) is 24.1. The lowest BCUT2D eigenvalue weighted by Crippen LogP contribution is -2.32. The van der Waals surface area contributed by atoms with E-state index in [9.17, 15) is 13.2 Å². The average molecular weight is 461 g/mol. The number of nitrogens with one attached hydrogen (secondary N) is 1. The van der Waals surface area contributed by atoms with Crippen molar-refractivity contribution >= 4 is 15.9 Å². The van der Waals surface area contributed by atoms with Crippen molar-refractivity contribution in [3.63, 3.8) is 0 Å². The molecule has 2 aromatic carbocycles. The Hall–Kier alpha value is -2.58. The van der Waals surface area contributed by atoms with Gasteiger partial charge in [0.15, 0.2) is 0 Å². The van der Waals surface area contributed by atoms with Crippen molar-refractivity contribution < 1.29 is 22.7 Å². The van der Waals surface area contributed by atoms with Gasteiger partial charge in [-0.2, -0.15) is 0 Å². The number of aryl methyl sites for hydroxylation is 2. The molecule has 1 aliphatic rings. The molecule has 0 spiro atoms. The fourth-order valence-electron chi connectivity index (χ4n) is 3.70. The summed E-state index contributed by atoms with van der Waals surface area (Å²) in [7, 11) is -2.33.